The molecule has 1 atom stereocenters. The topological polar surface area (TPSA) is 67.8 Å². The van der Waals surface area contributed by atoms with E-state index >= 15 is 0 Å². The van der Waals surface area contributed by atoms with Crippen LogP contribution in [0.1, 0.15) is 33.3 Å². The molecule has 0 aliphatic rings. The van der Waals surface area contributed by atoms with Crippen molar-refractivity contribution in [1.29, 1.82) is 0 Å². The lowest BCUT2D eigenvalue weighted by molar-refractivity contribution is -0.142. The molecule has 0 aliphatic heterocycles. The smallest absolute Gasteiger partial charge is 0.323 e. The number of carbonyl (C=O) groups is 1. The van der Waals surface area contributed by atoms with Crippen LogP contribution in [-0.2, 0) is 16.1 Å². The summed E-state index contributed by atoms with van der Waals surface area (Å²) in [6, 6.07) is 6.87. The number of rotatable bonds is 8. The Morgan fingerprint density at radius 1 is 1.38 bits per heavy atom. The van der Waals surface area contributed by atoms with Crippen LogP contribution in [0.5, 0.6) is 5.75 Å². The Labute approximate surface area is 126 Å². The van der Waals surface area contributed by atoms with E-state index in [1.165, 1.54) is 0 Å². The van der Waals surface area contributed by atoms with Crippen LogP contribution in [0.3, 0.4) is 0 Å². The fraction of sp³-hybridized carbons (Fsp3) is 0.562. The van der Waals surface area contributed by atoms with Crippen LogP contribution >= 0.6 is 0 Å². The highest BCUT2D eigenvalue weighted by Crippen LogP contribution is 2.13. The van der Waals surface area contributed by atoms with E-state index in [1.54, 1.807) is 0 Å². The molecule has 0 heterocycles. The summed E-state index contributed by atoms with van der Waals surface area (Å²) in [6.07, 6.45) is 0. The summed E-state index contributed by atoms with van der Waals surface area (Å²) in [7, 11) is 0. The molecule has 0 amide bonds. The van der Waals surface area contributed by atoms with Crippen molar-refractivity contribution in [2.45, 2.75) is 45.9 Å². The Morgan fingerprint density at radius 2 is 2.10 bits per heavy atom. The zero-order valence-corrected chi connectivity index (χ0v) is 13.2. The molecule has 0 saturated carbocycles. The highest BCUT2D eigenvalue weighted by molar-refractivity contribution is 5.73. The van der Waals surface area contributed by atoms with Crippen molar-refractivity contribution >= 4 is 5.97 Å². The van der Waals surface area contributed by atoms with E-state index in [9.17, 15) is 9.90 Å². The molecule has 0 aromatic heterocycles. The first-order valence-corrected chi connectivity index (χ1v) is 7.13. The third-order valence-electron chi connectivity index (χ3n) is 2.74. The van der Waals surface area contributed by atoms with Crippen LogP contribution in [0, 0.1) is 0 Å². The molecule has 0 spiro atoms. The molecule has 5 nitrogen and oxygen atoms in total. The van der Waals surface area contributed by atoms with Gasteiger partial charge >= 0.3 is 5.97 Å². The second-order valence-corrected chi connectivity index (χ2v) is 5.78. The fourth-order valence-corrected chi connectivity index (χ4v) is 1.70. The summed E-state index contributed by atoms with van der Waals surface area (Å²) in [5.74, 6) is -0.130. The van der Waals surface area contributed by atoms with Gasteiger partial charge < -0.3 is 14.6 Å². The monoisotopic (exact) mass is 295 g/mol. The van der Waals surface area contributed by atoms with Crippen LogP contribution < -0.4 is 10.1 Å². The van der Waals surface area contributed by atoms with Gasteiger partial charge in [0, 0.05) is 6.54 Å². The van der Waals surface area contributed by atoms with Crippen molar-refractivity contribution in [3.63, 3.8) is 0 Å². The van der Waals surface area contributed by atoms with Gasteiger partial charge in [0.15, 0.2) is 0 Å². The van der Waals surface area contributed by atoms with Gasteiger partial charge in [-0.2, -0.15) is 0 Å². The van der Waals surface area contributed by atoms with Gasteiger partial charge in [-0.1, -0.05) is 12.1 Å². The number of hydrogen-bond acceptors (Lipinski definition) is 4. The Kier molecular flexibility index (Phi) is 6.65. The molecule has 0 radical (unpaired) electrons. The Bertz CT molecular complexity index is 454. The van der Waals surface area contributed by atoms with Crippen molar-refractivity contribution in [3.05, 3.63) is 29.8 Å². The van der Waals surface area contributed by atoms with Crippen LogP contribution in [0.4, 0.5) is 0 Å². The Balaban J connectivity index is 2.56. The maximum Gasteiger partial charge on any atom is 0.323 e. The number of ether oxygens (including phenoxy) is 2. The summed E-state index contributed by atoms with van der Waals surface area (Å²) in [5, 5.41) is 12.2. The first-order chi connectivity index (χ1) is 9.81. The Hall–Kier alpha value is -1.59. The fourth-order valence-electron chi connectivity index (χ4n) is 1.70. The second kappa shape index (κ2) is 8.00. The SMILES string of the molecule is CCOc1cccc(CN[C@@H](COC(C)(C)C)C(=O)O)c1. The highest BCUT2D eigenvalue weighted by Gasteiger charge is 2.20. The van der Waals surface area contributed by atoms with Crippen LogP contribution in [-0.4, -0.2) is 35.9 Å². The molecule has 1 aromatic carbocycles. The van der Waals surface area contributed by atoms with E-state index in [1.807, 2.05) is 52.0 Å². The molecule has 21 heavy (non-hydrogen) atoms. The van der Waals surface area contributed by atoms with Crippen LogP contribution in [0.15, 0.2) is 24.3 Å². The molecule has 0 bridgehead atoms. The van der Waals surface area contributed by atoms with E-state index in [-0.39, 0.29) is 12.2 Å². The molecule has 0 unspecified atom stereocenters. The van der Waals surface area contributed by atoms with Crippen molar-refractivity contribution in [3.8, 4) is 5.75 Å². The second-order valence-electron chi connectivity index (χ2n) is 5.78. The first-order valence-electron chi connectivity index (χ1n) is 7.13. The average molecular weight is 295 g/mol. The van der Waals surface area contributed by atoms with Gasteiger partial charge in [0.05, 0.1) is 18.8 Å². The van der Waals surface area contributed by atoms with E-state index < -0.39 is 12.0 Å². The molecule has 0 fully saturated rings. The maximum absolute atomic E-state index is 11.2. The number of carboxylic acids is 1. The van der Waals surface area contributed by atoms with Gasteiger partial charge in [0.25, 0.3) is 0 Å². The number of carboxylic acid groups (broad SMARTS) is 1. The van der Waals surface area contributed by atoms with Gasteiger partial charge in [-0.25, -0.2) is 0 Å². The van der Waals surface area contributed by atoms with E-state index in [0.29, 0.717) is 13.2 Å². The first kappa shape index (κ1) is 17.5. The number of hydrogen-bond donors (Lipinski definition) is 2. The van der Waals surface area contributed by atoms with E-state index in [2.05, 4.69) is 5.32 Å². The van der Waals surface area contributed by atoms with Crippen LogP contribution in [0.25, 0.3) is 0 Å². The third kappa shape index (κ3) is 7.11. The zero-order chi connectivity index (χ0) is 15.9. The lowest BCUT2D eigenvalue weighted by Gasteiger charge is -2.23. The minimum absolute atomic E-state index is 0.129. The summed E-state index contributed by atoms with van der Waals surface area (Å²) in [4.78, 5) is 11.2. The number of benzene rings is 1. The average Bonchev–Trinajstić information content (AvgIpc) is 2.38. The van der Waals surface area contributed by atoms with Gasteiger partial charge in [0.2, 0.25) is 0 Å². The number of nitrogens with one attached hydrogen (secondary N) is 1. The van der Waals surface area contributed by atoms with Crippen molar-refractivity contribution in [2.75, 3.05) is 13.2 Å². The molecule has 1 rings (SSSR count). The van der Waals surface area contributed by atoms with E-state index in [0.717, 1.165) is 11.3 Å². The predicted molar refractivity (Wildman–Crippen MR) is 81.6 cm³/mol. The summed E-state index contributed by atoms with van der Waals surface area (Å²) in [6.45, 7) is 8.81. The molecular formula is C16H25NO4. The van der Waals surface area contributed by atoms with Crippen LogP contribution in [0.2, 0.25) is 0 Å². The standard InChI is InChI=1S/C16H25NO4/c1-5-20-13-8-6-7-12(9-13)10-17-14(15(18)19)11-21-16(2,3)4/h6-9,14,17H,5,10-11H2,1-4H3,(H,18,19)/t14-/m0/s1. The minimum atomic E-state index is -0.916. The van der Waals surface area contributed by atoms with Crippen molar-refractivity contribution in [2.24, 2.45) is 0 Å². The largest absolute Gasteiger partial charge is 0.494 e. The van der Waals surface area contributed by atoms with Gasteiger partial charge in [-0.3, -0.25) is 10.1 Å². The molecular weight excluding hydrogens is 270 g/mol. The van der Waals surface area contributed by atoms with Crippen molar-refractivity contribution < 1.29 is 19.4 Å². The summed E-state index contributed by atoms with van der Waals surface area (Å²) in [5.41, 5.74) is 0.618. The molecule has 1 aromatic rings. The van der Waals surface area contributed by atoms with Gasteiger partial charge in [-0.15, -0.1) is 0 Å². The predicted octanol–water partition coefficient (Wildman–Crippen LogP) is 2.44. The lowest BCUT2D eigenvalue weighted by atomic mass is 10.2. The molecule has 5 heteroatoms. The molecule has 2 N–H and O–H groups in total. The van der Waals surface area contributed by atoms with Gasteiger partial charge in [0.1, 0.15) is 11.8 Å². The summed E-state index contributed by atoms with van der Waals surface area (Å²) >= 11 is 0. The van der Waals surface area contributed by atoms with Crippen molar-refractivity contribution in [1.82, 2.24) is 5.32 Å². The Morgan fingerprint density at radius 3 is 2.67 bits per heavy atom. The van der Waals surface area contributed by atoms with Gasteiger partial charge in [-0.05, 0) is 45.4 Å². The lowest BCUT2D eigenvalue weighted by Crippen LogP contribution is -2.42. The molecule has 118 valence electrons. The quantitative estimate of drug-likeness (QED) is 0.771. The number of aliphatic carboxylic acids is 1. The maximum atomic E-state index is 11.2. The minimum Gasteiger partial charge on any atom is -0.494 e. The highest BCUT2D eigenvalue weighted by atomic mass is 16.5. The third-order valence-corrected chi connectivity index (χ3v) is 2.74. The summed E-state index contributed by atoms with van der Waals surface area (Å²) < 4.78 is 11.0. The normalized spacial score (nSPS) is 13.0. The van der Waals surface area contributed by atoms with E-state index in [4.69, 9.17) is 9.47 Å². The zero-order valence-electron chi connectivity index (χ0n) is 13.2. The molecule has 0 saturated heterocycles. The molecule has 0 aliphatic carbocycles.